The molecule has 0 aliphatic rings. The number of nitrogens with zero attached hydrogens (tertiary/aromatic N) is 1. The fourth-order valence-electron chi connectivity index (χ4n) is 1.98. The maximum absolute atomic E-state index is 11.8. The Labute approximate surface area is 118 Å². The van der Waals surface area contributed by atoms with Crippen molar-refractivity contribution in [3.63, 3.8) is 0 Å². The molecular formula is C15H19N3O2. The van der Waals surface area contributed by atoms with Crippen molar-refractivity contribution in [1.29, 1.82) is 0 Å². The molecule has 0 atom stereocenters. The molecule has 2 rings (SSSR count). The molecule has 5 heteroatoms. The number of carbonyl (C=O) groups excluding carboxylic acids is 1. The van der Waals surface area contributed by atoms with Gasteiger partial charge in [0, 0.05) is 17.8 Å². The summed E-state index contributed by atoms with van der Waals surface area (Å²) in [6.07, 6.45) is 0. The minimum Gasteiger partial charge on any atom is -0.361 e. The minimum absolute atomic E-state index is 0.0673. The summed E-state index contributed by atoms with van der Waals surface area (Å²) in [6, 6.07) is 7.72. The molecular weight excluding hydrogens is 254 g/mol. The first-order chi connectivity index (χ1) is 9.56. The number of carbonyl (C=O) groups is 1. The molecule has 0 unspecified atom stereocenters. The number of nitrogens with one attached hydrogen (secondary N) is 2. The molecule has 0 aliphatic carbocycles. The molecule has 0 saturated heterocycles. The van der Waals surface area contributed by atoms with Gasteiger partial charge in [0.1, 0.15) is 5.76 Å². The highest BCUT2D eigenvalue weighted by atomic mass is 16.5. The van der Waals surface area contributed by atoms with E-state index in [1.54, 1.807) is 0 Å². The second kappa shape index (κ2) is 6.34. The van der Waals surface area contributed by atoms with Crippen LogP contribution in [0.2, 0.25) is 0 Å². The third kappa shape index (κ3) is 3.68. The molecule has 106 valence electrons. The van der Waals surface area contributed by atoms with Crippen molar-refractivity contribution in [2.24, 2.45) is 0 Å². The third-order valence-electron chi connectivity index (χ3n) is 3.07. The molecule has 0 bridgehead atoms. The van der Waals surface area contributed by atoms with Crippen molar-refractivity contribution in [2.75, 3.05) is 11.9 Å². The maximum Gasteiger partial charge on any atom is 0.238 e. The lowest BCUT2D eigenvalue weighted by Gasteiger charge is -2.07. The van der Waals surface area contributed by atoms with Crippen molar-refractivity contribution >= 4 is 11.6 Å². The Morgan fingerprint density at radius 1 is 1.30 bits per heavy atom. The zero-order valence-electron chi connectivity index (χ0n) is 12.0. The molecule has 20 heavy (non-hydrogen) atoms. The lowest BCUT2D eigenvalue weighted by atomic mass is 10.2. The van der Waals surface area contributed by atoms with Gasteiger partial charge in [0.05, 0.1) is 12.2 Å². The Hall–Kier alpha value is -2.14. The number of benzene rings is 1. The molecule has 1 aromatic heterocycles. The predicted octanol–water partition coefficient (Wildman–Crippen LogP) is 2.33. The van der Waals surface area contributed by atoms with Crippen molar-refractivity contribution in [2.45, 2.75) is 27.3 Å². The van der Waals surface area contributed by atoms with Gasteiger partial charge in [-0.25, -0.2) is 0 Å². The Kier molecular flexibility index (Phi) is 4.53. The molecule has 0 aliphatic heterocycles. The molecule has 1 heterocycles. The molecule has 5 nitrogen and oxygen atoms in total. The van der Waals surface area contributed by atoms with Crippen molar-refractivity contribution in [3.8, 4) is 0 Å². The van der Waals surface area contributed by atoms with Gasteiger partial charge in [0.15, 0.2) is 0 Å². The second-order valence-electron chi connectivity index (χ2n) is 4.82. The van der Waals surface area contributed by atoms with Gasteiger partial charge in [0.25, 0.3) is 0 Å². The summed E-state index contributed by atoms with van der Waals surface area (Å²) in [5, 5.41) is 9.82. The van der Waals surface area contributed by atoms with Crippen LogP contribution in [0, 0.1) is 20.8 Å². The fourth-order valence-corrected chi connectivity index (χ4v) is 1.98. The van der Waals surface area contributed by atoms with Crippen LogP contribution in [0.3, 0.4) is 0 Å². The van der Waals surface area contributed by atoms with Gasteiger partial charge in [0.2, 0.25) is 5.91 Å². The van der Waals surface area contributed by atoms with Crippen molar-refractivity contribution in [1.82, 2.24) is 10.5 Å². The average Bonchev–Trinajstić information content (AvgIpc) is 2.70. The van der Waals surface area contributed by atoms with Gasteiger partial charge < -0.3 is 15.2 Å². The van der Waals surface area contributed by atoms with E-state index < -0.39 is 0 Å². The van der Waals surface area contributed by atoms with Crippen molar-refractivity contribution in [3.05, 3.63) is 46.8 Å². The lowest BCUT2D eigenvalue weighted by molar-refractivity contribution is -0.115. The number of aryl methyl sites for hydroxylation is 3. The normalized spacial score (nSPS) is 10.6. The highest BCUT2D eigenvalue weighted by Crippen LogP contribution is 2.11. The Morgan fingerprint density at radius 2 is 2.10 bits per heavy atom. The summed E-state index contributed by atoms with van der Waals surface area (Å²) in [7, 11) is 0. The molecule has 2 aromatic rings. The first kappa shape index (κ1) is 14.3. The van der Waals surface area contributed by atoms with Gasteiger partial charge in [-0.05, 0) is 38.5 Å². The van der Waals surface area contributed by atoms with E-state index in [1.807, 2.05) is 45.0 Å². The number of aromatic nitrogens is 1. The Balaban J connectivity index is 1.81. The Bertz CT molecular complexity index is 585. The van der Waals surface area contributed by atoms with Crippen LogP contribution in [-0.4, -0.2) is 17.6 Å². The van der Waals surface area contributed by atoms with E-state index in [9.17, 15) is 4.79 Å². The van der Waals surface area contributed by atoms with Crippen LogP contribution in [-0.2, 0) is 11.3 Å². The maximum atomic E-state index is 11.8. The first-order valence-corrected chi connectivity index (χ1v) is 6.55. The van der Waals surface area contributed by atoms with Crippen LogP contribution >= 0.6 is 0 Å². The molecule has 1 aromatic carbocycles. The summed E-state index contributed by atoms with van der Waals surface area (Å²) in [5.74, 6) is 0.719. The van der Waals surface area contributed by atoms with E-state index in [2.05, 4.69) is 15.8 Å². The summed E-state index contributed by atoms with van der Waals surface area (Å²) >= 11 is 0. The summed E-state index contributed by atoms with van der Waals surface area (Å²) in [6.45, 7) is 6.57. The minimum atomic E-state index is -0.0673. The number of amides is 1. The van der Waals surface area contributed by atoms with Crippen molar-refractivity contribution < 1.29 is 9.32 Å². The zero-order chi connectivity index (χ0) is 14.5. The second-order valence-corrected chi connectivity index (χ2v) is 4.82. The smallest absolute Gasteiger partial charge is 0.238 e. The monoisotopic (exact) mass is 273 g/mol. The highest BCUT2D eigenvalue weighted by Gasteiger charge is 2.09. The standard InChI is InChI=1S/C15H19N3O2/c1-10-5-4-6-13(7-10)17-15(19)9-16-8-14-11(2)18-20-12(14)3/h4-7,16H,8-9H2,1-3H3,(H,17,19). The van der Waals surface area contributed by atoms with E-state index in [0.717, 1.165) is 28.3 Å². The van der Waals surface area contributed by atoms with Crippen LogP contribution in [0.4, 0.5) is 5.69 Å². The quantitative estimate of drug-likeness (QED) is 0.877. The number of hydrogen-bond donors (Lipinski definition) is 2. The van der Waals surface area contributed by atoms with Gasteiger partial charge in [-0.2, -0.15) is 0 Å². The Morgan fingerprint density at radius 3 is 2.75 bits per heavy atom. The zero-order valence-corrected chi connectivity index (χ0v) is 12.0. The van der Waals surface area contributed by atoms with Crippen LogP contribution in [0.1, 0.15) is 22.6 Å². The van der Waals surface area contributed by atoms with Crippen LogP contribution < -0.4 is 10.6 Å². The van der Waals surface area contributed by atoms with Crippen LogP contribution in [0.5, 0.6) is 0 Å². The topological polar surface area (TPSA) is 67.2 Å². The molecule has 2 N–H and O–H groups in total. The number of anilines is 1. The molecule has 0 radical (unpaired) electrons. The van der Waals surface area contributed by atoms with Crippen LogP contribution in [0.25, 0.3) is 0 Å². The summed E-state index contributed by atoms with van der Waals surface area (Å²) < 4.78 is 5.07. The third-order valence-corrected chi connectivity index (χ3v) is 3.07. The fraction of sp³-hybridized carbons (Fsp3) is 0.333. The van der Waals surface area contributed by atoms with Gasteiger partial charge in [-0.15, -0.1) is 0 Å². The molecule has 0 fully saturated rings. The van der Waals surface area contributed by atoms with E-state index in [4.69, 9.17) is 4.52 Å². The lowest BCUT2D eigenvalue weighted by Crippen LogP contribution is -2.28. The highest BCUT2D eigenvalue weighted by molar-refractivity contribution is 5.92. The van der Waals surface area contributed by atoms with E-state index in [1.165, 1.54) is 0 Å². The molecule has 1 amide bonds. The summed E-state index contributed by atoms with van der Waals surface area (Å²) in [5.41, 5.74) is 3.79. The van der Waals surface area contributed by atoms with Crippen LogP contribution in [0.15, 0.2) is 28.8 Å². The van der Waals surface area contributed by atoms with E-state index in [0.29, 0.717) is 6.54 Å². The molecule has 0 spiro atoms. The van der Waals surface area contributed by atoms with Gasteiger partial charge in [-0.1, -0.05) is 17.3 Å². The number of rotatable bonds is 5. The SMILES string of the molecule is Cc1cccc(NC(=O)CNCc2c(C)noc2C)c1. The van der Waals surface area contributed by atoms with Gasteiger partial charge in [-0.3, -0.25) is 4.79 Å². The largest absolute Gasteiger partial charge is 0.361 e. The first-order valence-electron chi connectivity index (χ1n) is 6.55. The van der Waals surface area contributed by atoms with Gasteiger partial charge >= 0.3 is 0 Å². The average molecular weight is 273 g/mol. The molecule has 0 saturated carbocycles. The van der Waals surface area contributed by atoms with E-state index >= 15 is 0 Å². The number of hydrogen-bond acceptors (Lipinski definition) is 4. The predicted molar refractivity (Wildman–Crippen MR) is 77.5 cm³/mol. The summed E-state index contributed by atoms with van der Waals surface area (Å²) in [4.78, 5) is 11.8. The van der Waals surface area contributed by atoms with E-state index in [-0.39, 0.29) is 12.5 Å².